The Morgan fingerprint density at radius 3 is 2.55 bits per heavy atom. The van der Waals surface area contributed by atoms with Crippen molar-refractivity contribution in [2.24, 2.45) is 0 Å². The van der Waals surface area contributed by atoms with E-state index in [4.69, 9.17) is 9.47 Å². The number of benzene rings is 1. The number of piperidine rings is 1. The summed E-state index contributed by atoms with van der Waals surface area (Å²) in [6.45, 7) is 3.96. The van der Waals surface area contributed by atoms with Crippen molar-refractivity contribution >= 4 is 5.91 Å². The second-order valence-corrected chi connectivity index (χ2v) is 5.97. The van der Waals surface area contributed by atoms with Gasteiger partial charge in [0, 0.05) is 7.05 Å². The van der Waals surface area contributed by atoms with E-state index in [9.17, 15) is 4.79 Å². The molecule has 1 unspecified atom stereocenters. The van der Waals surface area contributed by atoms with Crippen LogP contribution < -0.4 is 14.8 Å². The summed E-state index contributed by atoms with van der Waals surface area (Å²) < 4.78 is 10.8. The van der Waals surface area contributed by atoms with Crippen LogP contribution in [0.5, 0.6) is 11.5 Å². The summed E-state index contributed by atoms with van der Waals surface area (Å²) in [5.74, 6) is 1.73. The summed E-state index contributed by atoms with van der Waals surface area (Å²) in [5, 5.41) is 3.35. The fraction of sp³-hybridized carbons (Fsp3) is 0.588. The van der Waals surface area contributed by atoms with Crippen molar-refractivity contribution in [1.82, 2.24) is 10.2 Å². The third-order valence-corrected chi connectivity index (χ3v) is 4.19. The molecule has 2 rings (SSSR count). The summed E-state index contributed by atoms with van der Waals surface area (Å²) >= 11 is 0. The number of likely N-dealkylation sites (N-methyl/N-ethyl adjacent to an activating group) is 1. The monoisotopic (exact) mass is 306 g/mol. The Morgan fingerprint density at radius 2 is 1.95 bits per heavy atom. The average molecular weight is 306 g/mol. The smallest absolute Gasteiger partial charge is 0.242 e. The fourth-order valence-corrected chi connectivity index (χ4v) is 2.73. The van der Waals surface area contributed by atoms with Crippen LogP contribution in [0.25, 0.3) is 0 Å². The van der Waals surface area contributed by atoms with E-state index in [2.05, 4.69) is 5.32 Å². The number of nitrogens with zero attached hydrogens (tertiary/aromatic N) is 1. The van der Waals surface area contributed by atoms with Gasteiger partial charge >= 0.3 is 0 Å². The largest absolute Gasteiger partial charge is 0.497 e. The van der Waals surface area contributed by atoms with Gasteiger partial charge in [-0.15, -0.1) is 0 Å². The maximum Gasteiger partial charge on any atom is 0.242 e. The lowest BCUT2D eigenvalue weighted by Crippen LogP contribution is -2.57. The standard InChI is InChI=1S/C17H26N2O3/c1-17(10-4-5-11-18-17)16(20)19(2)12-13-22-15-8-6-14(21-3)7-9-15/h6-9,18H,4-5,10-13H2,1-3H3. The summed E-state index contributed by atoms with van der Waals surface area (Å²) in [4.78, 5) is 14.3. The lowest BCUT2D eigenvalue weighted by molar-refractivity contribution is -0.137. The number of rotatable bonds is 6. The summed E-state index contributed by atoms with van der Waals surface area (Å²) in [6, 6.07) is 7.45. The molecule has 1 N–H and O–H groups in total. The predicted molar refractivity (Wildman–Crippen MR) is 86.4 cm³/mol. The minimum atomic E-state index is -0.423. The van der Waals surface area contributed by atoms with Crippen LogP contribution in [0.15, 0.2) is 24.3 Å². The molecule has 1 fully saturated rings. The number of hydrogen-bond acceptors (Lipinski definition) is 4. The minimum absolute atomic E-state index is 0.144. The van der Waals surface area contributed by atoms with E-state index < -0.39 is 5.54 Å². The molecule has 1 atom stereocenters. The van der Waals surface area contributed by atoms with Crippen molar-refractivity contribution in [2.45, 2.75) is 31.7 Å². The maximum absolute atomic E-state index is 12.5. The third-order valence-electron chi connectivity index (χ3n) is 4.19. The van der Waals surface area contributed by atoms with E-state index in [0.29, 0.717) is 13.2 Å². The highest BCUT2D eigenvalue weighted by molar-refractivity contribution is 5.85. The molecule has 5 heteroatoms. The van der Waals surface area contributed by atoms with Crippen LogP contribution in [0, 0.1) is 0 Å². The van der Waals surface area contributed by atoms with Gasteiger partial charge in [0.25, 0.3) is 0 Å². The number of amides is 1. The summed E-state index contributed by atoms with van der Waals surface area (Å²) in [7, 11) is 3.47. The summed E-state index contributed by atoms with van der Waals surface area (Å²) in [6.07, 6.45) is 3.15. The van der Waals surface area contributed by atoms with E-state index in [-0.39, 0.29) is 5.91 Å². The molecule has 1 aliphatic rings. The third kappa shape index (κ3) is 4.13. The van der Waals surface area contributed by atoms with Crippen LogP contribution in [0.3, 0.4) is 0 Å². The Balaban J connectivity index is 1.79. The van der Waals surface area contributed by atoms with Crippen LogP contribution >= 0.6 is 0 Å². The van der Waals surface area contributed by atoms with Crippen molar-refractivity contribution in [3.05, 3.63) is 24.3 Å². The van der Waals surface area contributed by atoms with Gasteiger partial charge < -0.3 is 19.7 Å². The normalized spacial score (nSPS) is 21.2. The molecule has 5 nitrogen and oxygen atoms in total. The second kappa shape index (κ2) is 7.49. The molecule has 0 bridgehead atoms. The van der Waals surface area contributed by atoms with Gasteiger partial charge in [0.1, 0.15) is 18.1 Å². The molecule has 0 aromatic heterocycles. The van der Waals surface area contributed by atoms with Crippen molar-refractivity contribution in [3.63, 3.8) is 0 Å². The number of hydrogen-bond donors (Lipinski definition) is 1. The summed E-state index contributed by atoms with van der Waals surface area (Å²) in [5.41, 5.74) is -0.423. The van der Waals surface area contributed by atoms with Gasteiger partial charge in [0.2, 0.25) is 5.91 Å². The molecule has 1 amide bonds. The molecule has 0 saturated carbocycles. The van der Waals surface area contributed by atoms with E-state index in [1.807, 2.05) is 38.2 Å². The van der Waals surface area contributed by atoms with Crippen molar-refractivity contribution in [3.8, 4) is 11.5 Å². The van der Waals surface area contributed by atoms with Gasteiger partial charge in [-0.2, -0.15) is 0 Å². The molecule has 1 aromatic rings. The van der Waals surface area contributed by atoms with E-state index >= 15 is 0 Å². The number of nitrogens with one attached hydrogen (secondary N) is 1. The average Bonchev–Trinajstić information content (AvgIpc) is 2.55. The zero-order chi connectivity index (χ0) is 16.0. The zero-order valence-electron chi connectivity index (χ0n) is 13.7. The first-order valence-corrected chi connectivity index (χ1v) is 7.82. The lowest BCUT2D eigenvalue weighted by Gasteiger charge is -2.36. The molecule has 1 saturated heterocycles. The molecule has 122 valence electrons. The Hall–Kier alpha value is -1.75. The molecule has 22 heavy (non-hydrogen) atoms. The van der Waals surface area contributed by atoms with Crippen molar-refractivity contribution < 1.29 is 14.3 Å². The van der Waals surface area contributed by atoms with E-state index in [1.165, 1.54) is 0 Å². The quantitative estimate of drug-likeness (QED) is 0.874. The van der Waals surface area contributed by atoms with Crippen LogP contribution in [-0.4, -0.2) is 50.2 Å². The van der Waals surface area contributed by atoms with Crippen molar-refractivity contribution in [1.29, 1.82) is 0 Å². The molecule has 1 aliphatic heterocycles. The highest BCUT2D eigenvalue weighted by Gasteiger charge is 2.36. The van der Waals surface area contributed by atoms with Gasteiger partial charge in [-0.25, -0.2) is 0 Å². The number of carbonyl (C=O) groups excluding carboxylic acids is 1. The van der Waals surface area contributed by atoms with Gasteiger partial charge in [0.05, 0.1) is 19.2 Å². The molecule has 0 radical (unpaired) electrons. The Labute approximate surface area is 132 Å². The fourth-order valence-electron chi connectivity index (χ4n) is 2.73. The molecule has 1 heterocycles. The number of ether oxygens (including phenoxy) is 2. The van der Waals surface area contributed by atoms with Gasteiger partial charge in [-0.05, 0) is 57.0 Å². The maximum atomic E-state index is 12.5. The first-order valence-electron chi connectivity index (χ1n) is 7.82. The highest BCUT2D eigenvalue weighted by atomic mass is 16.5. The Kier molecular flexibility index (Phi) is 5.66. The highest BCUT2D eigenvalue weighted by Crippen LogP contribution is 2.21. The molecular weight excluding hydrogens is 280 g/mol. The molecular formula is C17H26N2O3. The first-order chi connectivity index (χ1) is 10.5. The van der Waals surface area contributed by atoms with Crippen LogP contribution in [0.2, 0.25) is 0 Å². The Bertz CT molecular complexity index is 481. The number of carbonyl (C=O) groups is 1. The minimum Gasteiger partial charge on any atom is -0.497 e. The van der Waals surface area contributed by atoms with Crippen LogP contribution in [0.1, 0.15) is 26.2 Å². The van der Waals surface area contributed by atoms with Crippen LogP contribution in [0.4, 0.5) is 0 Å². The second-order valence-electron chi connectivity index (χ2n) is 5.97. The SMILES string of the molecule is COc1ccc(OCCN(C)C(=O)C2(C)CCCCN2)cc1. The van der Waals surface area contributed by atoms with Gasteiger partial charge in [-0.3, -0.25) is 4.79 Å². The van der Waals surface area contributed by atoms with E-state index in [1.54, 1.807) is 12.0 Å². The topological polar surface area (TPSA) is 50.8 Å². The Morgan fingerprint density at radius 1 is 1.27 bits per heavy atom. The van der Waals surface area contributed by atoms with Crippen LogP contribution in [-0.2, 0) is 4.79 Å². The lowest BCUT2D eigenvalue weighted by atomic mass is 9.89. The van der Waals surface area contributed by atoms with Gasteiger partial charge in [0.15, 0.2) is 0 Å². The zero-order valence-corrected chi connectivity index (χ0v) is 13.7. The van der Waals surface area contributed by atoms with Gasteiger partial charge in [-0.1, -0.05) is 0 Å². The molecule has 1 aromatic carbocycles. The first kappa shape index (κ1) is 16.6. The van der Waals surface area contributed by atoms with E-state index in [0.717, 1.165) is 37.3 Å². The molecule has 0 spiro atoms. The van der Waals surface area contributed by atoms with Crippen molar-refractivity contribution in [2.75, 3.05) is 33.9 Å². The number of methoxy groups -OCH3 is 1. The predicted octanol–water partition coefficient (Wildman–Crippen LogP) is 2.06. The molecule has 0 aliphatic carbocycles.